The zero-order valence-corrected chi connectivity index (χ0v) is 20.9. The second-order valence-electron chi connectivity index (χ2n) is 9.77. The molecule has 7 heteroatoms. The summed E-state index contributed by atoms with van der Waals surface area (Å²) >= 11 is 0. The molecule has 3 atom stereocenters. The molecule has 7 nitrogen and oxygen atoms in total. The van der Waals surface area contributed by atoms with Crippen LogP contribution in [0.5, 0.6) is 0 Å². The number of rotatable bonds is 11. The Balaban J connectivity index is 1.42. The van der Waals surface area contributed by atoms with E-state index in [2.05, 4.69) is 34.9 Å². The van der Waals surface area contributed by atoms with Crippen molar-refractivity contribution in [2.75, 3.05) is 6.61 Å². The Morgan fingerprint density at radius 1 is 0.886 bits per heavy atom. The molecule has 0 saturated carbocycles. The molecule has 2 aromatic rings. The minimum absolute atomic E-state index is 0.0169. The smallest absolute Gasteiger partial charge is 0.407 e. The van der Waals surface area contributed by atoms with Gasteiger partial charge in [-0.15, -0.1) is 0 Å². The van der Waals surface area contributed by atoms with Crippen LogP contribution in [0.1, 0.15) is 64.0 Å². The Labute approximate surface area is 207 Å². The van der Waals surface area contributed by atoms with Gasteiger partial charge in [-0.2, -0.15) is 0 Å². The van der Waals surface area contributed by atoms with Crippen LogP contribution >= 0.6 is 0 Å². The topological polar surface area (TPSA) is 105 Å². The number of aliphatic carboxylic acids is 1. The number of alkyl carbamates (subject to hydrolysis) is 1. The Morgan fingerprint density at radius 2 is 1.46 bits per heavy atom. The molecule has 188 valence electrons. The molecular weight excluding hydrogens is 444 g/mol. The average Bonchev–Trinajstić information content (AvgIpc) is 3.14. The van der Waals surface area contributed by atoms with Crippen LogP contribution < -0.4 is 10.6 Å². The van der Waals surface area contributed by atoms with Gasteiger partial charge >= 0.3 is 12.1 Å². The van der Waals surface area contributed by atoms with E-state index in [-0.39, 0.29) is 36.3 Å². The summed E-state index contributed by atoms with van der Waals surface area (Å²) in [6.45, 7) is 7.49. The van der Waals surface area contributed by atoms with Crippen molar-refractivity contribution in [1.29, 1.82) is 0 Å². The monoisotopic (exact) mass is 480 g/mol. The lowest BCUT2D eigenvalue weighted by Gasteiger charge is -2.21. The number of hydrogen-bond donors (Lipinski definition) is 3. The van der Waals surface area contributed by atoms with Crippen LogP contribution in [-0.4, -0.2) is 41.8 Å². The summed E-state index contributed by atoms with van der Waals surface area (Å²) in [4.78, 5) is 36.1. The van der Waals surface area contributed by atoms with Crippen LogP contribution in [-0.2, 0) is 14.3 Å². The van der Waals surface area contributed by atoms with Crippen molar-refractivity contribution < 1.29 is 24.2 Å². The third-order valence-electron chi connectivity index (χ3n) is 6.66. The van der Waals surface area contributed by atoms with Gasteiger partial charge in [-0.05, 0) is 47.9 Å². The van der Waals surface area contributed by atoms with Gasteiger partial charge in [0.1, 0.15) is 12.6 Å². The molecule has 2 aromatic carbocycles. The lowest BCUT2D eigenvalue weighted by molar-refractivity contribution is -0.143. The van der Waals surface area contributed by atoms with Gasteiger partial charge in [0, 0.05) is 17.9 Å². The molecule has 3 unspecified atom stereocenters. The second-order valence-corrected chi connectivity index (χ2v) is 9.77. The molecule has 1 aliphatic rings. The second kappa shape index (κ2) is 11.9. The molecule has 0 fully saturated rings. The molecule has 0 spiro atoms. The lowest BCUT2D eigenvalue weighted by atomic mass is 9.98. The molecule has 0 saturated heterocycles. The van der Waals surface area contributed by atoms with Gasteiger partial charge in [0.15, 0.2) is 0 Å². The molecule has 0 aliphatic heterocycles. The SMILES string of the molecule is CC(CCCC(C)C(=O)NC(C(=O)O)C(C)C)NC(=O)OCC1c2ccccc2-c2ccccc21. The molecule has 2 amide bonds. The van der Waals surface area contributed by atoms with E-state index in [0.717, 1.165) is 6.42 Å². The molecular formula is C28H36N2O5. The summed E-state index contributed by atoms with van der Waals surface area (Å²) in [5.74, 6) is -1.77. The van der Waals surface area contributed by atoms with Crippen LogP contribution in [0.25, 0.3) is 11.1 Å². The van der Waals surface area contributed by atoms with E-state index in [4.69, 9.17) is 4.74 Å². The molecule has 3 N–H and O–H groups in total. The molecule has 1 aliphatic carbocycles. The van der Waals surface area contributed by atoms with E-state index in [1.54, 1.807) is 20.8 Å². The standard InChI is InChI=1S/C28H36N2O5/c1-17(2)25(27(32)33)30-26(31)18(3)10-9-11-19(4)29-28(34)35-16-24-22-14-7-5-12-20(22)21-13-6-8-15-23(21)24/h5-8,12-15,17-19,24-25H,9-11,16H2,1-4H3,(H,29,34)(H,30,31)(H,32,33). The van der Waals surface area contributed by atoms with E-state index >= 15 is 0 Å². The van der Waals surface area contributed by atoms with Crippen LogP contribution in [0, 0.1) is 11.8 Å². The number of carbonyl (C=O) groups is 3. The van der Waals surface area contributed by atoms with E-state index in [9.17, 15) is 19.5 Å². The van der Waals surface area contributed by atoms with Crippen molar-refractivity contribution >= 4 is 18.0 Å². The highest BCUT2D eigenvalue weighted by Crippen LogP contribution is 2.44. The van der Waals surface area contributed by atoms with Crippen LogP contribution in [0.15, 0.2) is 48.5 Å². The minimum atomic E-state index is -1.03. The van der Waals surface area contributed by atoms with Gasteiger partial charge in [0.25, 0.3) is 0 Å². The molecule has 0 heterocycles. The quantitative estimate of drug-likeness (QED) is 0.422. The van der Waals surface area contributed by atoms with E-state index in [1.807, 2.05) is 31.2 Å². The predicted octanol–water partition coefficient (Wildman–Crippen LogP) is 4.95. The summed E-state index contributed by atoms with van der Waals surface area (Å²) in [6.07, 6.45) is 1.56. The number of carboxylic acids is 1. The highest BCUT2D eigenvalue weighted by molar-refractivity contribution is 5.85. The summed E-state index contributed by atoms with van der Waals surface area (Å²) in [5, 5.41) is 14.7. The Bertz CT molecular complexity index is 1010. The van der Waals surface area contributed by atoms with E-state index < -0.39 is 18.1 Å². The first kappa shape index (κ1) is 26.3. The summed E-state index contributed by atoms with van der Waals surface area (Å²) < 4.78 is 5.59. The number of benzene rings is 2. The van der Waals surface area contributed by atoms with Gasteiger partial charge in [-0.1, -0.05) is 75.7 Å². The average molecular weight is 481 g/mol. The first-order valence-corrected chi connectivity index (χ1v) is 12.3. The lowest BCUT2D eigenvalue weighted by Crippen LogP contribution is -2.46. The van der Waals surface area contributed by atoms with Gasteiger partial charge in [-0.3, -0.25) is 4.79 Å². The van der Waals surface area contributed by atoms with E-state index in [1.165, 1.54) is 22.3 Å². The summed E-state index contributed by atoms with van der Waals surface area (Å²) in [5.41, 5.74) is 4.72. The van der Waals surface area contributed by atoms with Crippen LogP contribution in [0.2, 0.25) is 0 Å². The number of ether oxygens (including phenoxy) is 1. The van der Waals surface area contributed by atoms with Crippen molar-refractivity contribution in [1.82, 2.24) is 10.6 Å². The number of amides is 2. The highest BCUT2D eigenvalue weighted by Gasteiger charge is 2.29. The summed E-state index contributed by atoms with van der Waals surface area (Å²) in [6, 6.07) is 15.4. The van der Waals surface area contributed by atoms with Crippen molar-refractivity contribution in [2.45, 2.75) is 65.0 Å². The first-order chi connectivity index (χ1) is 16.7. The number of carboxylic acid groups (broad SMARTS) is 1. The first-order valence-electron chi connectivity index (χ1n) is 12.3. The van der Waals surface area contributed by atoms with Gasteiger partial charge < -0.3 is 20.5 Å². The van der Waals surface area contributed by atoms with Crippen LogP contribution in [0.3, 0.4) is 0 Å². The predicted molar refractivity (Wildman–Crippen MR) is 135 cm³/mol. The molecule has 35 heavy (non-hydrogen) atoms. The third kappa shape index (κ3) is 6.62. The Morgan fingerprint density at radius 3 is 2.00 bits per heavy atom. The fourth-order valence-corrected chi connectivity index (χ4v) is 4.58. The zero-order chi connectivity index (χ0) is 25.5. The van der Waals surface area contributed by atoms with Crippen LogP contribution in [0.4, 0.5) is 4.79 Å². The maximum absolute atomic E-state index is 12.4. The number of nitrogens with one attached hydrogen (secondary N) is 2. The maximum Gasteiger partial charge on any atom is 0.407 e. The molecule has 0 bridgehead atoms. The van der Waals surface area contributed by atoms with Crippen molar-refractivity contribution in [3.63, 3.8) is 0 Å². The van der Waals surface area contributed by atoms with Crippen molar-refractivity contribution in [3.8, 4) is 11.1 Å². The summed E-state index contributed by atoms with van der Waals surface area (Å²) in [7, 11) is 0. The zero-order valence-electron chi connectivity index (χ0n) is 20.9. The molecule has 0 radical (unpaired) electrons. The normalized spacial score (nSPS) is 15.0. The van der Waals surface area contributed by atoms with Gasteiger partial charge in [0.2, 0.25) is 5.91 Å². The largest absolute Gasteiger partial charge is 0.480 e. The highest BCUT2D eigenvalue weighted by atomic mass is 16.5. The minimum Gasteiger partial charge on any atom is -0.480 e. The van der Waals surface area contributed by atoms with E-state index in [0.29, 0.717) is 12.8 Å². The Kier molecular flexibility index (Phi) is 8.90. The van der Waals surface area contributed by atoms with Crippen molar-refractivity contribution in [2.24, 2.45) is 11.8 Å². The molecule has 0 aromatic heterocycles. The third-order valence-corrected chi connectivity index (χ3v) is 6.66. The maximum atomic E-state index is 12.4. The number of carbonyl (C=O) groups excluding carboxylic acids is 2. The fraction of sp³-hybridized carbons (Fsp3) is 0.464. The van der Waals surface area contributed by atoms with Crippen molar-refractivity contribution in [3.05, 3.63) is 59.7 Å². The Hall–Kier alpha value is -3.35. The molecule has 3 rings (SSSR count). The van der Waals surface area contributed by atoms with Gasteiger partial charge in [0.05, 0.1) is 0 Å². The fourth-order valence-electron chi connectivity index (χ4n) is 4.58. The van der Waals surface area contributed by atoms with Gasteiger partial charge in [-0.25, -0.2) is 9.59 Å². The number of hydrogen-bond acceptors (Lipinski definition) is 4. The number of fused-ring (bicyclic) bond motifs is 3.